The van der Waals surface area contributed by atoms with Crippen LogP contribution in [0.3, 0.4) is 0 Å². The molecule has 1 heterocycles. The zero-order valence-electron chi connectivity index (χ0n) is 11.1. The van der Waals surface area contributed by atoms with Crippen LogP contribution in [0.2, 0.25) is 0 Å². The van der Waals surface area contributed by atoms with Crippen LogP contribution in [0.5, 0.6) is 0 Å². The summed E-state index contributed by atoms with van der Waals surface area (Å²) in [6, 6.07) is 1.15. The Balaban J connectivity index is 2.67. The van der Waals surface area contributed by atoms with E-state index in [1.165, 1.54) is 13.2 Å². The number of aromatic nitrogens is 1. The molecule has 0 N–H and O–H groups in total. The maximum absolute atomic E-state index is 13.3. The van der Waals surface area contributed by atoms with E-state index in [2.05, 4.69) is 9.82 Å². The molecule has 1 rings (SSSR count). The monoisotopic (exact) mass is 270 g/mol. The van der Waals surface area contributed by atoms with E-state index in [4.69, 9.17) is 4.74 Å². The van der Waals surface area contributed by atoms with Gasteiger partial charge in [-0.2, -0.15) is 0 Å². The molecule has 0 spiro atoms. The fourth-order valence-corrected chi connectivity index (χ4v) is 1.08. The molecule has 0 radical (unpaired) electrons. The largest absolute Gasteiger partial charge is 0.443 e. The molecule has 0 saturated carbocycles. The number of hydroxylamine groups is 2. The zero-order valence-corrected chi connectivity index (χ0v) is 11.1. The fraction of sp³-hybridized carbons (Fsp3) is 0.417. The molecule has 1 aromatic rings. The molecule has 0 aromatic carbocycles. The summed E-state index contributed by atoms with van der Waals surface area (Å²) >= 11 is 0. The number of halogens is 1. The molecule has 0 atom stereocenters. The van der Waals surface area contributed by atoms with Crippen molar-refractivity contribution in [3.63, 3.8) is 0 Å². The molecule has 0 aliphatic carbocycles. The Bertz CT molecular complexity index is 485. The fourth-order valence-electron chi connectivity index (χ4n) is 1.08. The second kappa shape index (κ2) is 5.64. The van der Waals surface area contributed by atoms with E-state index in [0.717, 1.165) is 12.3 Å². The topological polar surface area (TPSA) is 68.7 Å². The summed E-state index contributed by atoms with van der Waals surface area (Å²) in [6.45, 7) is 5.01. The first-order valence-electron chi connectivity index (χ1n) is 5.49. The highest BCUT2D eigenvalue weighted by Gasteiger charge is 2.23. The summed E-state index contributed by atoms with van der Waals surface area (Å²) in [7, 11) is 1.20. The van der Waals surface area contributed by atoms with Gasteiger partial charge in [-0.15, -0.1) is 5.06 Å². The third-order valence-electron chi connectivity index (χ3n) is 1.86. The Labute approximate surface area is 110 Å². The average molecular weight is 270 g/mol. The van der Waals surface area contributed by atoms with Crippen LogP contribution in [0.4, 0.5) is 9.18 Å². The third-order valence-corrected chi connectivity index (χ3v) is 1.86. The van der Waals surface area contributed by atoms with Gasteiger partial charge in [0.05, 0.1) is 13.2 Å². The number of rotatable bonds is 1. The van der Waals surface area contributed by atoms with Crippen molar-refractivity contribution in [3.05, 3.63) is 29.8 Å². The highest BCUT2D eigenvalue weighted by atomic mass is 19.1. The summed E-state index contributed by atoms with van der Waals surface area (Å²) in [5, 5.41) is 0.605. The van der Waals surface area contributed by atoms with Gasteiger partial charge >= 0.3 is 12.1 Å². The van der Waals surface area contributed by atoms with Crippen molar-refractivity contribution in [2.75, 3.05) is 7.05 Å². The van der Waals surface area contributed by atoms with Gasteiger partial charge in [0.25, 0.3) is 0 Å². The lowest BCUT2D eigenvalue weighted by Gasteiger charge is -2.23. The first kappa shape index (κ1) is 14.9. The molecule has 104 valence electrons. The number of carbonyl (C=O) groups excluding carboxylic acids is 2. The van der Waals surface area contributed by atoms with Crippen molar-refractivity contribution in [2.45, 2.75) is 26.4 Å². The number of amides is 1. The molecule has 1 amide bonds. The van der Waals surface area contributed by atoms with Gasteiger partial charge in [0, 0.05) is 6.20 Å². The number of hydrogen-bond donors (Lipinski definition) is 0. The maximum atomic E-state index is 13.3. The van der Waals surface area contributed by atoms with Crippen LogP contribution in [0.15, 0.2) is 18.5 Å². The first-order valence-corrected chi connectivity index (χ1v) is 5.49. The van der Waals surface area contributed by atoms with Crippen molar-refractivity contribution in [2.24, 2.45) is 0 Å². The van der Waals surface area contributed by atoms with Crippen LogP contribution < -0.4 is 0 Å². The number of carbonyl (C=O) groups is 2. The van der Waals surface area contributed by atoms with Crippen LogP contribution >= 0.6 is 0 Å². The van der Waals surface area contributed by atoms with Gasteiger partial charge < -0.3 is 9.57 Å². The van der Waals surface area contributed by atoms with E-state index in [1.807, 2.05) is 0 Å². The van der Waals surface area contributed by atoms with Gasteiger partial charge in [0.15, 0.2) is 5.82 Å². The van der Waals surface area contributed by atoms with Crippen LogP contribution in [0.25, 0.3) is 0 Å². The molecule has 1 aromatic heterocycles. The van der Waals surface area contributed by atoms with E-state index in [-0.39, 0.29) is 5.56 Å². The lowest BCUT2D eigenvalue weighted by molar-refractivity contribution is -0.0934. The van der Waals surface area contributed by atoms with Crippen LogP contribution in [-0.4, -0.2) is 34.8 Å². The Hall–Kier alpha value is -2.18. The molecule has 0 fully saturated rings. The lowest BCUT2D eigenvalue weighted by Crippen LogP contribution is -2.35. The Morgan fingerprint density at radius 2 is 2.00 bits per heavy atom. The summed E-state index contributed by atoms with van der Waals surface area (Å²) in [5.74, 6) is -1.83. The minimum absolute atomic E-state index is 0.314. The van der Waals surface area contributed by atoms with Crippen molar-refractivity contribution >= 4 is 12.1 Å². The second-order valence-corrected chi connectivity index (χ2v) is 4.71. The van der Waals surface area contributed by atoms with E-state index >= 15 is 0 Å². The maximum Gasteiger partial charge on any atom is 0.443 e. The Morgan fingerprint density at radius 1 is 1.37 bits per heavy atom. The van der Waals surface area contributed by atoms with Gasteiger partial charge in [-0.1, -0.05) is 0 Å². The van der Waals surface area contributed by atoms with Crippen LogP contribution in [0.1, 0.15) is 31.1 Å². The second-order valence-electron chi connectivity index (χ2n) is 4.71. The van der Waals surface area contributed by atoms with Gasteiger partial charge in [-0.25, -0.2) is 14.0 Å². The molecule has 0 aliphatic rings. The summed E-state index contributed by atoms with van der Waals surface area (Å²) in [5.41, 5.74) is -1.04. The predicted octanol–water partition coefficient (Wildman–Crippen LogP) is 2.16. The highest BCUT2D eigenvalue weighted by molar-refractivity contribution is 5.90. The third kappa shape index (κ3) is 4.53. The van der Waals surface area contributed by atoms with Crippen molar-refractivity contribution in [3.8, 4) is 0 Å². The molecule has 19 heavy (non-hydrogen) atoms. The summed E-state index contributed by atoms with van der Waals surface area (Å²) < 4.78 is 18.2. The molecule has 0 bridgehead atoms. The molecule has 0 unspecified atom stereocenters. The van der Waals surface area contributed by atoms with E-state index in [0.29, 0.717) is 5.06 Å². The van der Waals surface area contributed by atoms with Crippen molar-refractivity contribution < 1.29 is 23.6 Å². The first-order chi connectivity index (χ1) is 8.70. The van der Waals surface area contributed by atoms with Gasteiger partial charge in [0.1, 0.15) is 11.2 Å². The summed E-state index contributed by atoms with van der Waals surface area (Å²) in [4.78, 5) is 31.3. The predicted molar refractivity (Wildman–Crippen MR) is 63.6 cm³/mol. The van der Waals surface area contributed by atoms with Crippen molar-refractivity contribution in [1.29, 1.82) is 0 Å². The Morgan fingerprint density at radius 3 is 2.53 bits per heavy atom. The zero-order chi connectivity index (χ0) is 14.6. The molecule has 0 saturated heterocycles. The average Bonchev–Trinajstić information content (AvgIpc) is 2.27. The molecule has 7 heteroatoms. The Kier molecular flexibility index (Phi) is 4.42. The smallest absolute Gasteiger partial charge is 0.442 e. The standard InChI is InChI=1S/C12H15FN2O4/c1-12(2,3)18-11(17)15(4)19-10(16)8-5-6-14-7-9(8)13/h5-7H,1-4H3. The quantitative estimate of drug-likeness (QED) is 0.731. The van der Waals surface area contributed by atoms with Crippen LogP contribution in [0, 0.1) is 5.82 Å². The lowest BCUT2D eigenvalue weighted by atomic mass is 10.2. The van der Waals surface area contributed by atoms with Crippen molar-refractivity contribution in [1.82, 2.24) is 10.0 Å². The van der Waals surface area contributed by atoms with Gasteiger partial charge in [-0.05, 0) is 26.8 Å². The van der Waals surface area contributed by atoms with Gasteiger partial charge in [0.2, 0.25) is 0 Å². The number of nitrogens with zero attached hydrogens (tertiary/aromatic N) is 2. The molecular formula is C12H15FN2O4. The molecular weight excluding hydrogens is 255 g/mol. The minimum Gasteiger partial charge on any atom is -0.442 e. The molecule has 6 nitrogen and oxygen atoms in total. The molecule has 0 aliphatic heterocycles. The summed E-state index contributed by atoms with van der Waals surface area (Å²) in [6.07, 6.45) is 1.27. The number of pyridine rings is 1. The van der Waals surface area contributed by atoms with E-state index < -0.39 is 23.5 Å². The highest BCUT2D eigenvalue weighted by Crippen LogP contribution is 2.11. The minimum atomic E-state index is -1.01. The normalized spacial score (nSPS) is 10.8. The van der Waals surface area contributed by atoms with Crippen LogP contribution in [-0.2, 0) is 9.57 Å². The van der Waals surface area contributed by atoms with E-state index in [9.17, 15) is 14.0 Å². The number of ether oxygens (including phenoxy) is 1. The SMILES string of the molecule is CN(OC(=O)c1ccncc1F)C(=O)OC(C)(C)C. The number of hydrogen-bond acceptors (Lipinski definition) is 5. The van der Waals surface area contributed by atoms with Gasteiger partial charge in [-0.3, -0.25) is 4.98 Å². The van der Waals surface area contributed by atoms with E-state index in [1.54, 1.807) is 20.8 Å².